The van der Waals surface area contributed by atoms with Crippen molar-refractivity contribution < 1.29 is 4.92 Å². The molecule has 0 fully saturated rings. The number of non-ortho nitro benzene ring substituents is 1. The lowest BCUT2D eigenvalue weighted by Crippen LogP contribution is -1.88. The number of rotatable bonds is 2. The molecule has 1 aromatic carbocycles. The Kier molecular flexibility index (Phi) is 2.68. The molecule has 0 N–H and O–H groups in total. The quantitative estimate of drug-likeness (QED) is 0.529. The van der Waals surface area contributed by atoms with Crippen molar-refractivity contribution in [3.63, 3.8) is 0 Å². The summed E-state index contributed by atoms with van der Waals surface area (Å²) in [6.07, 6.45) is 1.49. The Morgan fingerprint density at radius 1 is 1.32 bits per heavy atom. The number of nitro benzene ring substituents is 1. The predicted octanol–water partition coefficient (Wildman–Crippen LogP) is 2.97. The van der Waals surface area contributed by atoms with Crippen LogP contribution in [0.1, 0.15) is 5.69 Å². The normalized spacial score (nSPS) is 10.8. The summed E-state index contributed by atoms with van der Waals surface area (Å²) >= 11 is 1.40. The summed E-state index contributed by atoms with van der Waals surface area (Å²) in [7, 11) is 0. The van der Waals surface area contributed by atoms with Gasteiger partial charge in [0.15, 0.2) is 0 Å². The number of nitro groups is 1. The van der Waals surface area contributed by atoms with Crippen molar-refractivity contribution in [2.24, 2.45) is 0 Å². The van der Waals surface area contributed by atoms with Gasteiger partial charge in [-0.25, -0.2) is 15.0 Å². The van der Waals surface area contributed by atoms with E-state index in [-0.39, 0.29) is 5.69 Å². The van der Waals surface area contributed by atoms with Gasteiger partial charge in [-0.3, -0.25) is 10.1 Å². The molecule has 0 spiro atoms. The van der Waals surface area contributed by atoms with Gasteiger partial charge in [0.05, 0.1) is 10.6 Å². The summed E-state index contributed by atoms with van der Waals surface area (Å²) in [6.45, 7) is 1.86. The molecule has 3 rings (SSSR count). The van der Waals surface area contributed by atoms with Gasteiger partial charge < -0.3 is 0 Å². The van der Waals surface area contributed by atoms with E-state index in [2.05, 4.69) is 15.0 Å². The Balaban J connectivity index is 2.16. The Bertz CT molecular complexity index is 784. The van der Waals surface area contributed by atoms with Gasteiger partial charge in [0, 0.05) is 17.7 Å². The van der Waals surface area contributed by atoms with Crippen molar-refractivity contribution in [3.05, 3.63) is 46.4 Å². The Morgan fingerprint density at radius 3 is 2.89 bits per heavy atom. The second kappa shape index (κ2) is 4.36. The van der Waals surface area contributed by atoms with E-state index in [4.69, 9.17) is 0 Å². The number of aryl methyl sites for hydroxylation is 1. The Morgan fingerprint density at radius 2 is 2.16 bits per heavy atom. The molecular formula is C12H8N4O2S. The molecule has 6 nitrogen and oxygen atoms in total. The van der Waals surface area contributed by atoms with Gasteiger partial charge in [0.1, 0.15) is 21.7 Å². The molecule has 0 saturated heterocycles. The van der Waals surface area contributed by atoms with Gasteiger partial charge in [-0.15, -0.1) is 0 Å². The molecule has 0 atom stereocenters. The van der Waals surface area contributed by atoms with Crippen molar-refractivity contribution >= 4 is 27.4 Å². The van der Waals surface area contributed by atoms with E-state index in [1.807, 2.05) is 6.92 Å². The maximum Gasteiger partial charge on any atom is 0.270 e. The molecule has 0 aliphatic carbocycles. The second-order valence-electron chi connectivity index (χ2n) is 3.94. The van der Waals surface area contributed by atoms with Crippen LogP contribution in [0.15, 0.2) is 30.6 Å². The Hall–Kier alpha value is -2.41. The topological polar surface area (TPSA) is 81.8 Å². The molecule has 0 unspecified atom stereocenters. The lowest BCUT2D eigenvalue weighted by molar-refractivity contribution is -0.384. The highest BCUT2D eigenvalue weighted by Crippen LogP contribution is 2.31. The highest BCUT2D eigenvalue weighted by Gasteiger charge is 2.12. The third-order valence-corrected chi connectivity index (χ3v) is 3.69. The maximum atomic E-state index is 10.8. The first-order valence-corrected chi connectivity index (χ1v) is 6.30. The highest BCUT2D eigenvalue weighted by molar-refractivity contribution is 7.21. The van der Waals surface area contributed by atoms with Crippen LogP contribution in [-0.4, -0.2) is 19.9 Å². The van der Waals surface area contributed by atoms with E-state index < -0.39 is 4.92 Å². The van der Waals surface area contributed by atoms with E-state index in [0.717, 1.165) is 21.6 Å². The SMILES string of the molecule is Cc1ncnc2sc(-c3cccc([N+](=O)[O-])c3)nc12. The molecule has 0 saturated carbocycles. The van der Waals surface area contributed by atoms with E-state index in [1.165, 1.54) is 29.8 Å². The number of aromatic nitrogens is 3. The van der Waals surface area contributed by atoms with Crippen molar-refractivity contribution in [1.29, 1.82) is 0 Å². The number of hydrogen-bond acceptors (Lipinski definition) is 6. The van der Waals surface area contributed by atoms with Crippen LogP contribution < -0.4 is 0 Å². The lowest BCUT2D eigenvalue weighted by Gasteiger charge is -1.95. The molecule has 7 heteroatoms. The van der Waals surface area contributed by atoms with Crippen LogP contribution in [0.4, 0.5) is 5.69 Å². The number of thiazole rings is 1. The van der Waals surface area contributed by atoms with E-state index >= 15 is 0 Å². The predicted molar refractivity (Wildman–Crippen MR) is 72.0 cm³/mol. The Labute approximate surface area is 111 Å². The molecular weight excluding hydrogens is 264 g/mol. The van der Waals surface area contributed by atoms with Crippen LogP contribution in [0.25, 0.3) is 20.9 Å². The van der Waals surface area contributed by atoms with E-state index in [1.54, 1.807) is 12.1 Å². The molecule has 94 valence electrons. The minimum absolute atomic E-state index is 0.0552. The minimum atomic E-state index is -0.415. The van der Waals surface area contributed by atoms with Crippen LogP contribution in [0.2, 0.25) is 0 Å². The van der Waals surface area contributed by atoms with Crippen LogP contribution >= 0.6 is 11.3 Å². The molecule has 0 aliphatic heterocycles. The summed E-state index contributed by atoms with van der Waals surface area (Å²) < 4.78 is 0. The largest absolute Gasteiger partial charge is 0.270 e. The first-order chi connectivity index (χ1) is 9.15. The standard InChI is InChI=1S/C12H8N4O2S/c1-7-10-12(14-6-13-7)19-11(15-10)8-3-2-4-9(5-8)16(17)18/h2-6H,1H3. The first kappa shape index (κ1) is 11.7. The minimum Gasteiger partial charge on any atom is -0.258 e. The van der Waals surface area contributed by atoms with Crippen LogP contribution in [0.3, 0.4) is 0 Å². The molecule has 19 heavy (non-hydrogen) atoms. The van der Waals surface area contributed by atoms with E-state index in [0.29, 0.717) is 5.01 Å². The van der Waals surface area contributed by atoms with Gasteiger partial charge in [0.25, 0.3) is 5.69 Å². The highest BCUT2D eigenvalue weighted by atomic mass is 32.1. The van der Waals surface area contributed by atoms with Gasteiger partial charge in [-0.1, -0.05) is 23.5 Å². The van der Waals surface area contributed by atoms with Crippen molar-refractivity contribution in [1.82, 2.24) is 15.0 Å². The molecule has 2 heterocycles. The van der Waals surface area contributed by atoms with Gasteiger partial charge in [0.2, 0.25) is 0 Å². The lowest BCUT2D eigenvalue weighted by atomic mass is 10.2. The van der Waals surface area contributed by atoms with Crippen molar-refractivity contribution in [2.45, 2.75) is 6.92 Å². The first-order valence-electron chi connectivity index (χ1n) is 5.48. The summed E-state index contributed by atoms with van der Waals surface area (Å²) in [4.78, 5) is 23.8. The van der Waals surface area contributed by atoms with Gasteiger partial charge in [-0.2, -0.15) is 0 Å². The monoisotopic (exact) mass is 272 g/mol. The average molecular weight is 272 g/mol. The molecule has 0 radical (unpaired) electrons. The van der Waals surface area contributed by atoms with E-state index in [9.17, 15) is 10.1 Å². The molecule has 0 bridgehead atoms. The average Bonchev–Trinajstić information content (AvgIpc) is 2.84. The summed E-state index contributed by atoms with van der Waals surface area (Å²) in [5, 5.41) is 11.5. The van der Waals surface area contributed by atoms with Crippen LogP contribution in [-0.2, 0) is 0 Å². The third kappa shape index (κ3) is 2.04. The number of benzene rings is 1. The zero-order chi connectivity index (χ0) is 13.4. The van der Waals surface area contributed by atoms with Gasteiger partial charge in [-0.05, 0) is 6.92 Å². The van der Waals surface area contributed by atoms with Crippen molar-refractivity contribution in [3.8, 4) is 10.6 Å². The third-order valence-electron chi connectivity index (χ3n) is 2.68. The van der Waals surface area contributed by atoms with Crippen LogP contribution in [0.5, 0.6) is 0 Å². The summed E-state index contributed by atoms with van der Waals surface area (Å²) in [6, 6.07) is 6.42. The van der Waals surface area contributed by atoms with Crippen LogP contribution in [0, 0.1) is 17.0 Å². The maximum absolute atomic E-state index is 10.8. The summed E-state index contributed by atoms with van der Waals surface area (Å²) in [5.74, 6) is 0. The number of hydrogen-bond donors (Lipinski definition) is 0. The fraction of sp³-hybridized carbons (Fsp3) is 0.0833. The fourth-order valence-corrected chi connectivity index (χ4v) is 2.70. The zero-order valence-electron chi connectivity index (χ0n) is 9.90. The number of nitrogens with zero attached hydrogens (tertiary/aromatic N) is 4. The molecule has 0 amide bonds. The van der Waals surface area contributed by atoms with Crippen molar-refractivity contribution in [2.75, 3.05) is 0 Å². The zero-order valence-corrected chi connectivity index (χ0v) is 10.7. The fourth-order valence-electron chi connectivity index (χ4n) is 1.74. The second-order valence-corrected chi connectivity index (χ2v) is 4.92. The molecule has 2 aromatic heterocycles. The smallest absolute Gasteiger partial charge is 0.258 e. The van der Waals surface area contributed by atoms with Gasteiger partial charge >= 0.3 is 0 Å². The molecule has 0 aliphatic rings. The number of fused-ring (bicyclic) bond motifs is 1. The summed E-state index contributed by atoms with van der Waals surface area (Å²) in [5.41, 5.74) is 2.32. The molecule has 3 aromatic rings.